The van der Waals surface area contributed by atoms with E-state index in [2.05, 4.69) is 41.5 Å². The molecule has 0 aliphatic heterocycles. The fourth-order valence-corrected chi connectivity index (χ4v) is 2.11. The van der Waals surface area contributed by atoms with Gasteiger partial charge in [0.2, 0.25) is 0 Å². The number of aldehydes is 1. The minimum atomic E-state index is -0.0786. The van der Waals surface area contributed by atoms with Crippen molar-refractivity contribution < 1.29 is 9.53 Å². The van der Waals surface area contributed by atoms with E-state index in [1.54, 1.807) is 7.11 Å². The van der Waals surface area contributed by atoms with Crippen molar-refractivity contribution >= 4 is 6.29 Å². The van der Waals surface area contributed by atoms with Crippen LogP contribution in [0.25, 0.3) is 0 Å². The highest BCUT2D eigenvalue weighted by molar-refractivity contribution is 5.82. The second-order valence-electron chi connectivity index (χ2n) is 6.75. The molecule has 0 fully saturated rings. The fraction of sp³-hybridized carbons (Fsp3) is 0.562. The van der Waals surface area contributed by atoms with Crippen molar-refractivity contribution in [3.05, 3.63) is 28.8 Å². The van der Waals surface area contributed by atoms with Gasteiger partial charge in [-0.15, -0.1) is 0 Å². The standard InChI is InChI=1S/C16H24O2/c1-15(2,3)13-8-11(18-7)9-14(12(13)10-17)16(4,5)6/h8-10H,1-7H3. The number of hydrogen-bond acceptors (Lipinski definition) is 2. The Morgan fingerprint density at radius 1 is 0.944 bits per heavy atom. The third-order valence-electron chi connectivity index (χ3n) is 3.12. The number of hydrogen-bond donors (Lipinski definition) is 0. The van der Waals surface area contributed by atoms with E-state index in [1.807, 2.05) is 12.1 Å². The molecule has 0 heterocycles. The first-order valence-electron chi connectivity index (χ1n) is 6.29. The molecule has 100 valence electrons. The predicted molar refractivity (Wildman–Crippen MR) is 75.8 cm³/mol. The lowest BCUT2D eigenvalue weighted by Crippen LogP contribution is -2.21. The van der Waals surface area contributed by atoms with Crippen LogP contribution in [-0.2, 0) is 10.8 Å². The largest absolute Gasteiger partial charge is 0.497 e. The SMILES string of the molecule is COc1cc(C(C)(C)C)c(C=O)c(C(C)(C)C)c1. The number of carbonyl (C=O) groups excluding carboxylic acids is 1. The molecule has 2 heteroatoms. The van der Waals surface area contributed by atoms with Crippen LogP contribution in [0.5, 0.6) is 5.75 Å². The average Bonchev–Trinajstić information content (AvgIpc) is 2.24. The molecule has 0 saturated heterocycles. The Bertz CT molecular complexity index is 410. The smallest absolute Gasteiger partial charge is 0.150 e. The van der Waals surface area contributed by atoms with Crippen LogP contribution in [0.1, 0.15) is 63.0 Å². The highest BCUT2D eigenvalue weighted by Gasteiger charge is 2.26. The summed E-state index contributed by atoms with van der Waals surface area (Å²) >= 11 is 0. The predicted octanol–water partition coefficient (Wildman–Crippen LogP) is 4.10. The van der Waals surface area contributed by atoms with Crippen molar-refractivity contribution in [2.24, 2.45) is 0 Å². The van der Waals surface area contributed by atoms with Gasteiger partial charge in [0.1, 0.15) is 5.75 Å². The molecular weight excluding hydrogens is 224 g/mol. The summed E-state index contributed by atoms with van der Waals surface area (Å²) in [5, 5.41) is 0. The summed E-state index contributed by atoms with van der Waals surface area (Å²) in [4.78, 5) is 11.5. The molecule has 0 saturated carbocycles. The van der Waals surface area contributed by atoms with E-state index in [0.29, 0.717) is 0 Å². The van der Waals surface area contributed by atoms with Crippen LogP contribution in [0, 0.1) is 0 Å². The molecule has 1 aromatic carbocycles. The van der Waals surface area contributed by atoms with Crippen LogP contribution < -0.4 is 4.74 Å². The van der Waals surface area contributed by atoms with Gasteiger partial charge in [0.05, 0.1) is 7.11 Å². The highest BCUT2D eigenvalue weighted by atomic mass is 16.5. The van der Waals surface area contributed by atoms with Crippen molar-refractivity contribution in [1.29, 1.82) is 0 Å². The van der Waals surface area contributed by atoms with E-state index in [9.17, 15) is 4.79 Å². The first-order chi connectivity index (χ1) is 8.11. The molecule has 0 amide bonds. The highest BCUT2D eigenvalue weighted by Crippen LogP contribution is 2.36. The maximum atomic E-state index is 11.5. The van der Waals surface area contributed by atoms with E-state index < -0.39 is 0 Å². The Morgan fingerprint density at radius 2 is 1.33 bits per heavy atom. The zero-order valence-electron chi connectivity index (χ0n) is 12.5. The van der Waals surface area contributed by atoms with Gasteiger partial charge in [0.15, 0.2) is 6.29 Å². The van der Waals surface area contributed by atoms with Crippen molar-refractivity contribution in [2.45, 2.75) is 52.4 Å². The van der Waals surface area contributed by atoms with Gasteiger partial charge in [-0.25, -0.2) is 0 Å². The molecule has 0 aromatic heterocycles. The molecule has 0 atom stereocenters. The van der Waals surface area contributed by atoms with Crippen LogP contribution in [0.4, 0.5) is 0 Å². The Balaban J connectivity index is 3.66. The van der Waals surface area contributed by atoms with Gasteiger partial charge in [-0.1, -0.05) is 41.5 Å². The van der Waals surface area contributed by atoms with Gasteiger partial charge in [-0.05, 0) is 34.1 Å². The normalized spacial score (nSPS) is 12.4. The van der Waals surface area contributed by atoms with Gasteiger partial charge in [-0.3, -0.25) is 4.79 Å². The van der Waals surface area contributed by atoms with Crippen molar-refractivity contribution in [3.63, 3.8) is 0 Å². The monoisotopic (exact) mass is 248 g/mol. The lowest BCUT2D eigenvalue weighted by atomic mass is 9.76. The number of methoxy groups -OCH3 is 1. The minimum Gasteiger partial charge on any atom is -0.497 e. The maximum absolute atomic E-state index is 11.5. The molecule has 0 N–H and O–H groups in total. The quantitative estimate of drug-likeness (QED) is 0.736. The van der Waals surface area contributed by atoms with Crippen molar-refractivity contribution in [3.8, 4) is 5.75 Å². The Morgan fingerprint density at radius 3 is 1.56 bits per heavy atom. The summed E-state index contributed by atoms with van der Waals surface area (Å²) in [6.45, 7) is 12.7. The van der Waals surface area contributed by atoms with Gasteiger partial charge in [0, 0.05) is 5.56 Å². The number of carbonyl (C=O) groups is 1. The molecule has 0 aliphatic carbocycles. The van der Waals surface area contributed by atoms with Gasteiger partial charge in [-0.2, -0.15) is 0 Å². The Kier molecular flexibility index (Phi) is 3.89. The van der Waals surface area contributed by atoms with Crippen LogP contribution in [0.3, 0.4) is 0 Å². The lowest BCUT2D eigenvalue weighted by molar-refractivity contribution is 0.111. The molecule has 2 nitrogen and oxygen atoms in total. The zero-order chi connectivity index (χ0) is 14.1. The van der Waals surface area contributed by atoms with Gasteiger partial charge >= 0.3 is 0 Å². The van der Waals surface area contributed by atoms with Crippen molar-refractivity contribution in [1.82, 2.24) is 0 Å². The molecule has 0 radical (unpaired) electrons. The lowest BCUT2D eigenvalue weighted by Gasteiger charge is -2.28. The fourth-order valence-electron chi connectivity index (χ4n) is 2.11. The summed E-state index contributed by atoms with van der Waals surface area (Å²) in [5.41, 5.74) is 2.73. The molecule has 18 heavy (non-hydrogen) atoms. The first-order valence-corrected chi connectivity index (χ1v) is 6.29. The van der Waals surface area contributed by atoms with E-state index in [1.165, 1.54) is 0 Å². The van der Waals surface area contributed by atoms with Gasteiger partial charge < -0.3 is 4.74 Å². The van der Waals surface area contributed by atoms with Gasteiger partial charge in [0.25, 0.3) is 0 Å². The summed E-state index contributed by atoms with van der Waals surface area (Å²) in [5.74, 6) is 0.815. The molecule has 0 unspecified atom stereocenters. The van der Waals surface area contributed by atoms with E-state index in [0.717, 1.165) is 28.7 Å². The second-order valence-corrected chi connectivity index (χ2v) is 6.75. The Labute approximate surface area is 110 Å². The number of rotatable bonds is 2. The van der Waals surface area contributed by atoms with Crippen LogP contribution in [0.2, 0.25) is 0 Å². The minimum absolute atomic E-state index is 0.0786. The first kappa shape index (κ1) is 14.7. The maximum Gasteiger partial charge on any atom is 0.150 e. The third kappa shape index (κ3) is 2.92. The van der Waals surface area contributed by atoms with Crippen LogP contribution >= 0.6 is 0 Å². The summed E-state index contributed by atoms with van der Waals surface area (Å²) in [6, 6.07) is 3.94. The van der Waals surface area contributed by atoms with Crippen LogP contribution in [-0.4, -0.2) is 13.4 Å². The van der Waals surface area contributed by atoms with E-state index in [-0.39, 0.29) is 10.8 Å². The number of ether oxygens (including phenoxy) is 1. The third-order valence-corrected chi connectivity index (χ3v) is 3.12. The average molecular weight is 248 g/mol. The zero-order valence-corrected chi connectivity index (χ0v) is 12.5. The molecule has 0 aliphatic rings. The molecular formula is C16H24O2. The van der Waals surface area contributed by atoms with Crippen LogP contribution in [0.15, 0.2) is 12.1 Å². The summed E-state index contributed by atoms with van der Waals surface area (Å²) in [7, 11) is 1.66. The molecule has 1 aromatic rings. The summed E-state index contributed by atoms with van der Waals surface area (Å²) in [6.07, 6.45) is 0.973. The second kappa shape index (κ2) is 4.75. The molecule has 1 rings (SSSR count). The van der Waals surface area contributed by atoms with E-state index >= 15 is 0 Å². The molecule has 0 bridgehead atoms. The Hall–Kier alpha value is -1.31. The van der Waals surface area contributed by atoms with Crippen molar-refractivity contribution in [2.75, 3.05) is 7.11 Å². The molecule has 0 spiro atoms. The summed E-state index contributed by atoms with van der Waals surface area (Å²) < 4.78 is 5.37. The topological polar surface area (TPSA) is 26.3 Å². The number of benzene rings is 1. The van der Waals surface area contributed by atoms with E-state index in [4.69, 9.17) is 4.74 Å².